The number of hydrogen-bond donors (Lipinski definition) is 1. The number of aromatic nitrogens is 2. The maximum Gasteiger partial charge on any atom is 0.162 e. The van der Waals surface area contributed by atoms with E-state index in [1.807, 2.05) is 25.5 Å². The lowest BCUT2D eigenvalue weighted by atomic mass is 9.91. The molecule has 1 fully saturated rings. The van der Waals surface area contributed by atoms with Gasteiger partial charge in [-0.15, -0.1) is 0 Å². The van der Waals surface area contributed by atoms with E-state index in [0.717, 1.165) is 31.4 Å². The molecule has 0 spiro atoms. The van der Waals surface area contributed by atoms with Gasteiger partial charge >= 0.3 is 0 Å². The molecular weight excluding hydrogens is 256 g/mol. The summed E-state index contributed by atoms with van der Waals surface area (Å²) in [4.78, 5) is 0. The molecule has 0 aromatic carbocycles. The smallest absolute Gasteiger partial charge is 0.162 e. The summed E-state index contributed by atoms with van der Waals surface area (Å²) in [5, 5.41) is 15.3. The first-order chi connectivity index (χ1) is 9.55. The Morgan fingerprint density at radius 2 is 2.05 bits per heavy atom. The number of rotatable bonds is 6. The van der Waals surface area contributed by atoms with Gasteiger partial charge in [0.05, 0.1) is 18.9 Å². The fraction of sp³-hybridized carbons (Fsp3) is 0.800. The summed E-state index contributed by atoms with van der Waals surface area (Å²) in [5.41, 5.74) is 0.243. The van der Waals surface area contributed by atoms with Crippen LogP contribution in [-0.4, -0.2) is 34.2 Å². The minimum atomic E-state index is -0.704. The lowest BCUT2D eigenvalue weighted by Crippen LogP contribution is -2.38. The molecular formula is C15H26N2O3. The molecule has 2 rings (SSSR count). The summed E-state index contributed by atoms with van der Waals surface area (Å²) in [6.45, 7) is 6.67. The highest BCUT2D eigenvalue weighted by Crippen LogP contribution is 2.45. The minimum Gasteiger partial charge on any atom is -0.493 e. The van der Waals surface area contributed by atoms with E-state index < -0.39 is 11.7 Å². The van der Waals surface area contributed by atoms with Crippen LogP contribution in [0.5, 0.6) is 5.75 Å². The normalized spacial score (nSPS) is 19.5. The summed E-state index contributed by atoms with van der Waals surface area (Å²) in [6, 6.07) is 0.170. The zero-order valence-electron chi connectivity index (χ0n) is 12.9. The van der Waals surface area contributed by atoms with Crippen molar-refractivity contribution in [3.8, 4) is 5.75 Å². The third kappa shape index (κ3) is 2.56. The molecule has 0 bridgehead atoms. The van der Waals surface area contributed by atoms with Crippen molar-refractivity contribution in [1.29, 1.82) is 0 Å². The van der Waals surface area contributed by atoms with Crippen LogP contribution in [0, 0.1) is 0 Å². The molecule has 0 radical (unpaired) electrons. The predicted molar refractivity (Wildman–Crippen MR) is 76.9 cm³/mol. The maximum absolute atomic E-state index is 11.0. The number of ether oxygens (including phenoxy) is 2. The van der Waals surface area contributed by atoms with Crippen molar-refractivity contribution in [2.75, 3.05) is 13.7 Å². The van der Waals surface area contributed by atoms with E-state index in [0.29, 0.717) is 12.4 Å². The summed E-state index contributed by atoms with van der Waals surface area (Å²) in [5.74, 6) is 0.636. The first kappa shape index (κ1) is 15.3. The van der Waals surface area contributed by atoms with Gasteiger partial charge in [-0.05, 0) is 33.6 Å². The molecule has 20 heavy (non-hydrogen) atoms. The Morgan fingerprint density at radius 1 is 1.40 bits per heavy atom. The van der Waals surface area contributed by atoms with E-state index in [1.165, 1.54) is 0 Å². The first-order valence-corrected chi connectivity index (χ1v) is 7.49. The molecule has 114 valence electrons. The number of hydrogen-bond acceptors (Lipinski definition) is 4. The first-order valence-electron chi connectivity index (χ1n) is 7.49. The minimum absolute atomic E-state index is 0.170. The molecule has 0 aliphatic heterocycles. The number of aliphatic hydroxyl groups is 1. The Morgan fingerprint density at radius 3 is 2.55 bits per heavy atom. The average Bonchev–Trinajstić information content (AvgIpc) is 3.04. The Hall–Kier alpha value is -1.07. The molecule has 1 aromatic rings. The SMILES string of the molecule is CCOC1(C(O)c2c(OC)cnn2C(C)C)CCCC1. The summed E-state index contributed by atoms with van der Waals surface area (Å²) < 4.78 is 13.2. The fourth-order valence-corrected chi connectivity index (χ4v) is 3.19. The zero-order chi connectivity index (χ0) is 14.8. The van der Waals surface area contributed by atoms with Gasteiger partial charge in [-0.25, -0.2) is 0 Å². The lowest BCUT2D eigenvalue weighted by Gasteiger charge is -2.35. The van der Waals surface area contributed by atoms with Crippen LogP contribution in [-0.2, 0) is 4.74 Å². The molecule has 1 aliphatic rings. The molecule has 1 aromatic heterocycles. The maximum atomic E-state index is 11.0. The van der Waals surface area contributed by atoms with Crippen LogP contribution < -0.4 is 4.74 Å². The number of methoxy groups -OCH3 is 1. The molecule has 5 heteroatoms. The average molecular weight is 282 g/mol. The van der Waals surface area contributed by atoms with Crippen molar-refractivity contribution in [1.82, 2.24) is 9.78 Å². The van der Waals surface area contributed by atoms with Crippen LogP contribution >= 0.6 is 0 Å². The Labute approximate surface area is 120 Å². The van der Waals surface area contributed by atoms with Gasteiger partial charge in [-0.2, -0.15) is 5.10 Å². The second-order valence-electron chi connectivity index (χ2n) is 5.74. The molecule has 1 saturated carbocycles. The van der Waals surface area contributed by atoms with Crippen LogP contribution in [0.25, 0.3) is 0 Å². The third-order valence-corrected chi connectivity index (χ3v) is 4.15. The quantitative estimate of drug-likeness (QED) is 0.871. The van der Waals surface area contributed by atoms with Gasteiger partial charge in [-0.1, -0.05) is 12.8 Å². The standard InChI is InChI=1S/C15H26N2O3/c1-5-20-15(8-6-7-9-15)14(18)13-12(19-4)10-16-17(13)11(2)3/h10-11,14,18H,5-9H2,1-4H3. The Bertz CT molecular complexity index is 436. The molecule has 1 unspecified atom stereocenters. The van der Waals surface area contributed by atoms with Crippen molar-refractivity contribution in [3.05, 3.63) is 11.9 Å². The van der Waals surface area contributed by atoms with E-state index in [2.05, 4.69) is 5.10 Å². The van der Waals surface area contributed by atoms with E-state index in [9.17, 15) is 5.11 Å². The summed E-state index contributed by atoms with van der Waals surface area (Å²) >= 11 is 0. The van der Waals surface area contributed by atoms with Crippen molar-refractivity contribution >= 4 is 0 Å². The van der Waals surface area contributed by atoms with Gasteiger partial charge in [0.15, 0.2) is 5.75 Å². The summed E-state index contributed by atoms with van der Waals surface area (Å²) in [7, 11) is 1.61. The monoisotopic (exact) mass is 282 g/mol. The second-order valence-corrected chi connectivity index (χ2v) is 5.74. The van der Waals surface area contributed by atoms with Gasteiger partial charge in [0.25, 0.3) is 0 Å². The highest BCUT2D eigenvalue weighted by molar-refractivity contribution is 5.30. The predicted octanol–water partition coefficient (Wildman–Crippen LogP) is 2.86. The second kappa shape index (κ2) is 6.14. The number of aliphatic hydroxyl groups excluding tert-OH is 1. The van der Waals surface area contributed by atoms with Crippen molar-refractivity contribution in [2.24, 2.45) is 0 Å². The largest absolute Gasteiger partial charge is 0.493 e. The van der Waals surface area contributed by atoms with E-state index in [1.54, 1.807) is 13.3 Å². The topological polar surface area (TPSA) is 56.5 Å². The van der Waals surface area contributed by atoms with E-state index in [-0.39, 0.29) is 6.04 Å². The van der Waals surface area contributed by atoms with Gasteiger partial charge < -0.3 is 14.6 Å². The molecule has 1 aliphatic carbocycles. The lowest BCUT2D eigenvalue weighted by molar-refractivity contribution is -0.122. The highest BCUT2D eigenvalue weighted by Gasteiger charge is 2.45. The molecule has 0 amide bonds. The molecule has 5 nitrogen and oxygen atoms in total. The van der Waals surface area contributed by atoms with Crippen molar-refractivity contribution in [2.45, 2.75) is 64.2 Å². The summed E-state index contributed by atoms with van der Waals surface area (Å²) in [6.07, 6.45) is 4.92. The van der Waals surface area contributed by atoms with Crippen LogP contribution in [0.4, 0.5) is 0 Å². The molecule has 1 heterocycles. The van der Waals surface area contributed by atoms with Crippen LogP contribution in [0.15, 0.2) is 6.20 Å². The van der Waals surface area contributed by atoms with Gasteiger partial charge in [0.2, 0.25) is 0 Å². The number of nitrogens with zero attached hydrogens (tertiary/aromatic N) is 2. The van der Waals surface area contributed by atoms with E-state index >= 15 is 0 Å². The van der Waals surface area contributed by atoms with Gasteiger partial charge in [0, 0.05) is 12.6 Å². The van der Waals surface area contributed by atoms with Crippen LogP contribution in [0.1, 0.15) is 64.3 Å². The molecule has 1 atom stereocenters. The third-order valence-electron chi connectivity index (χ3n) is 4.15. The van der Waals surface area contributed by atoms with Gasteiger partial charge in [0.1, 0.15) is 11.8 Å². The van der Waals surface area contributed by atoms with Crippen molar-refractivity contribution in [3.63, 3.8) is 0 Å². The Kier molecular flexibility index (Phi) is 4.70. The molecule has 0 saturated heterocycles. The zero-order valence-corrected chi connectivity index (χ0v) is 12.9. The fourth-order valence-electron chi connectivity index (χ4n) is 3.19. The highest BCUT2D eigenvalue weighted by atomic mass is 16.5. The Balaban J connectivity index is 2.40. The van der Waals surface area contributed by atoms with Crippen LogP contribution in [0.2, 0.25) is 0 Å². The van der Waals surface area contributed by atoms with Crippen molar-refractivity contribution < 1.29 is 14.6 Å². The van der Waals surface area contributed by atoms with Gasteiger partial charge in [-0.3, -0.25) is 4.68 Å². The van der Waals surface area contributed by atoms with E-state index in [4.69, 9.17) is 9.47 Å². The van der Waals surface area contributed by atoms with Crippen LogP contribution in [0.3, 0.4) is 0 Å². The molecule has 1 N–H and O–H groups in total.